The lowest BCUT2D eigenvalue weighted by molar-refractivity contribution is -0.122. The number of rotatable bonds is 6. The summed E-state index contributed by atoms with van der Waals surface area (Å²) in [6.45, 7) is 2.74. The zero-order valence-electron chi connectivity index (χ0n) is 16.8. The summed E-state index contributed by atoms with van der Waals surface area (Å²) in [6, 6.07) is 17.8. The van der Waals surface area contributed by atoms with Crippen LogP contribution in [0.3, 0.4) is 0 Å². The number of nitrogens with one attached hydrogen (secondary N) is 1. The normalized spacial score (nSPS) is 15.1. The van der Waals surface area contributed by atoms with E-state index in [4.69, 9.17) is 4.74 Å². The number of urea groups is 1. The molecule has 0 unspecified atom stereocenters. The van der Waals surface area contributed by atoms with E-state index in [-0.39, 0.29) is 17.6 Å². The average Bonchev–Trinajstić information content (AvgIpc) is 3.00. The molecule has 0 saturated carbocycles. The van der Waals surface area contributed by atoms with Gasteiger partial charge in [0, 0.05) is 6.54 Å². The van der Waals surface area contributed by atoms with Crippen molar-refractivity contribution in [2.24, 2.45) is 0 Å². The Morgan fingerprint density at radius 2 is 1.71 bits per heavy atom. The fraction of sp³-hybridized carbons (Fsp3) is 0.167. The van der Waals surface area contributed by atoms with E-state index in [0.29, 0.717) is 25.3 Å². The van der Waals surface area contributed by atoms with Crippen LogP contribution in [0.25, 0.3) is 16.8 Å². The lowest BCUT2D eigenvalue weighted by Gasteiger charge is -2.12. The molecule has 0 radical (unpaired) electrons. The second-order valence-corrected chi connectivity index (χ2v) is 8.94. The third kappa shape index (κ3) is 4.67. The number of benzene rings is 3. The van der Waals surface area contributed by atoms with Crippen LogP contribution >= 0.6 is 31.9 Å². The summed E-state index contributed by atoms with van der Waals surface area (Å²) in [4.78, 5) is 25.6. The molecule has 0 aliphatic carbocycles. The number of hydrogen-bond acceptors (Lipinski definition) is 3. The van der Waals surface area contributed by atoms with Crippen LogP contribution in [0.4, 0.5) is 4.79 Å². The van der Waals surface area contributed by atoms with Crippen molar-refractivity contribution in [3.05, 3.63) is 80.4 Å². The number of carbonyl (C=O) groups excluding carboxylic acids is 2. The maximum atomic E-state index is 12.4. The van der Waals surface area contributed by atoms with Crippen molar-refractivity contribution in [3.8, 4) is 5.75 Å². The molecular weight excluding hydrogens is 524 g/mol. The van der Waals surface area contributed by atoms with E-state index in [1.54, 1.807) is 6.08 Å². The Kier molecular flexibility index (Phi) is 6.43. The summed E-state index contributed by atoms with van der Waals surface area (Å²) in [5.74, 6) is 0.362. The SMILES string of the molecule is CCCN1C(=O)N/C(=C/c2cc(Br)c(OCc3ccc4ccccc4c3)c(Br)c2)C1=O. The maximum Gasteiger partial charge on any atom is 0.329 e. The summed E-state index contributed by atoms with van der Waals surface area (Å²) in [6.07, 6.45) is 2.38. The third-order valence-corrected chi connectivity index (χ3v) is 6.12. The molecule has 3 aromatic carbocycles. The maximum absolute atomic E-state index is 12.4. The molecule has 4 rings (SSSR count). The number of nitrogens with zero attached hydrogens (tertiary/aromatic N) is 1. The van der Waals surface area contributed by atoms with E-state index in [9.17, 15) is 9.59 Å². The van der Waals surface area contributed by atoms with Crippen LogP contribution in [0.1, 0.15) is 24.5 Å². The first kappa shape index (κ1) is 21.6. The van der Waals surface area contributed by atoms with Gasteiger partial charge >= 0.3 is 6.03 Å². The van der Waals surface area contributed by atoms with Gasteiger partial charge < -0.3 is 10.1 Å². The van der Waals surface area contributed by atoms with Crippen LogP contribution in [0.2, 0.25) is 0 Å². The van der Waals surface area contributed by atoms with Gasteiger partial charge in [-0.15, -0.1) is 0 Å². The molecule has 1 saturated heterocycles. The highest BCUT2D eigenvalue weighted by Crippen LogP contribution is 2.36. The molecule has 3 amide bonds. The molecule has 7 heteroatoms. The molecule has 1 N–H and O–H groups in total. The highest BCUT2D eigenvalue weighted by molar-refractivity contribution is 9.11. The van der Waals surface area contributed by atoms with Crippen molar-refractivity contribution in [2.75, 3.05) is 6.54 Å². The lowest BCUT2D eigenvalue weighted by Crippen LogP contribution is -2.31. The number of carbonyl (C=O) groups is 2. The van der Waals surface area contributed by atoms with Gasteiger partial charge in [0.2, 0.25) is 0 Å². The highest BCUT2D eigenvalue weighted by Gasteiger charge is 2.32. The molecule has 1 heterocycles. The minimum Gasteiger partial charge on any atom is -0.487 e. The van der Waals surface area contributed by atoms with Crippen molar-refractivity contribution in [3.63, 3.8) is 0 Å². The first-order valence-corrected chi connectivity index (χ1v) is 11.5. The van der Waals surface area contributed by atoms with Gasteiger partial charge in [-0.25, -0.2) is 4.79 Å². The molecule has 158 valence electrons. The van der Waals surface area contributed by atoms with Crippen LogP contribution in [-0.2, 0) is 11.4 Å². The zero-order chi connectivity index (χ0) is 22.0. The van der Waals surface area contributed by atoms with Gasteiger partial charge in [0.05, 0.1) is 8.95 Å². The Labute approximate surface area is 197 Å². The van der Waals surface area contributed by atoms with Gasteiger partial charge in [-0.05, 0) is 84.5 Å². The molecule has 0 bridgehead atoms. The monoisotopic (exact) mass is 542 g/mol. The van der Waals surface area contributed by atoms with Gasteiger partial charge in [-0.1, -0.05) is 43.3 Å². The van der Waals surface area contributed by atoms with Gasteiger partial charge in [-0.2, -0.15) is 0 Å². The number of amides is 3. The van der Waals surface area contributed by atoms with Crippen LogP contribution in [0, 0.1) is 0 Å². The van der Waals surface area contributed by atoms with E-state index >= 15 is 0 Å². The summed E-state index contributed by atoms with van der Waals surface area (Å²) >= 11 is 7.11. The van der Waals surface area contributed by atoms with Gasteiger partial charge in [-0.3, -0.25) is 9.69 Å². The van der Waals surface area contributed by atoms with Crippen LogP contribution in [0.15, 0.2) is 69.2 Å². The summed E-state index contributed by atoms with van der Waals surface area (Å²) in [7, 11) is 0. The Morgan fingerprint density at radius 3 is 2.42 bits per heavy atom. The van der Waals surface area contributed by atoms with Crippen molar-refractivity contribution in [1.82, 2.24) is 10.2 Å². The van der Waals surface area contributed by atoms with Crippen LogP contribution < -0.4 is 10.1 Å². The third-order valence-electron chi connectivity index (χ3n) is 4.94. The Hall–Kier alpha value is -2.64. The minimum atomic E-state index is -0.383. The summed E-state index contributed by atoms with van der Waals surface area (Å²) in [5, 5.41) is 5.00. The number of hydrogen-bond donors (Lipinski definition) is 1. The fourth-order valence-electron chi connectivity index (χ4n) is 3.45. The predicted octanol–water partition coefficient (Wildman–Crippen LogP) is 6.25. The summed E-state index contributed by atoms with van der Waals surface area (Å²) < 4.78 is 7.55. The quantitative estimate of drug-likeness (QED) is 0.295. The molecule has 1 aliphatic heterocycles. The number of imide groups is 1. The molecule has 5 nitrogen and oxygen atoms in total. The number of fused-ring (bicyclic) bond motifs is 1. The Balaban J connectivity index is 1.52. The molecule has 31 heavy (non-hydrogen) atoms. The smallest absolute Gasteiger partial charge is 0.329 e. The topological polar surface area (TPSA) is 58.6 Å². The Morgan fingerprint density at radius 1 is 1.00 bits per heavy atom. The highest BCUT2D eigenvalue weighted by atomic mass is 79.9. The van der Waals surface area contributed by atoms with Gasteiger partial charge in [0.25, 0.3) is 5.91 Å². The molecular formula is C24H20Br2N2O3. The minimum absolute atomic E-state index is 0.266. The molecule has 0 spiro atoms. The van der Waals surface area contributed by atoms with Gasteiger partial charge in [0.15, 0.2) is 0 Å². The lowest BCUT2D eigenvalue weighted by atomic mass is 10.1. The molecule has 1 aliphatic rings. The number of ether oxygens (including phenoxy) is 1. The first-order valence-electron chi connectivity index (χ1n) is 9.90. The Bertz CT molecular complexity index is 1180. The fourth-order valence-corrected chi connectivity index (χ4v) is 4.90. The number of halogens is 2. The second-order valence-electron chi connectivity index (χ2n) is 7.23. The van der Waals surface area contributed by atoms with Crippen molar-refractivity contribution in [2.45, 2.75) is 20.0 Å². The van der Waals surface area contributed by atoms with Crippen molar-refractivity contribution < 1.29 is 14.3 Å². The predicted molar refractivity (Wildman–Crippen MR) is 129 cm³/mol. The van der Waals surface area contributed by atoms with E-state index in [1.165, 1.54) is 15.7 Å². The van der Waals surface area contributed by atoms with E-state index in [1.807, 2.05) is 31.2 Å². The van der Waals surface area contributed by atoms with Crippen molar-refractivity contribution >= 4 is 60.6 Å². The van der Waals surface area contributed by atoms with Crippen LogP contribution in [0.5, 0.6) is 5.75 Å². The summed E-state index contributed by atoms with van der Waals surface area (Å²) in [5.41, 5.74) is 2.10. The first-order chi connectivity index (χ1) is 15.0. The van der Waals surface area contributed by atoms with Crippen LogP contribution in [-0.4, -0.2) is 23.4 Å². The zero-order valence-corrected chi connectivity index (χ0v) is 20.0. The van der Waals surface area contributed by atoms with E-state index in [0.717, 1.165) is 20.1 Å². The average molecular weight is 544 g/mol. The second kappa shape index (κ2) is 9.24. The van der Waals surface area contributed by atoms with Crippen molar-refractivity contribution in [1.29, 1.82) is 0 Å². The van der Waals surface area contributed by atoms with E-state index in [2.05, 4.69) is 67.5 Å². The molecule has 3 aromatic rings. The molecule has 1 fully saturated rings. The standard InChI is InChI=1S/C24H20Br2N2O3/c1-2-9-28-23(29)21(27-24(28)30)13-16-11-19(25)22(20(26)12-16)31-14-15-7-8-17-5-3-4-6-18(17)10-15/h3-8,10-13H,2,9,14H2,1H3,(H,27,30)/b21-13+. The van der Waals surface area contributed by atoms with Gasteiger partial charge in [0.1, 0.15) is 18.1 Å². The molecule has 0 aromatic heterocycles. The van der Waals surface area contributed by atoms with E-state index < -0.39 is 0 Å². The largest absolute Gasteiger partial charge is 0.487 e. The molecule has 0 atom stereocenters.